The van der Waals surface area contributed by atoms with Crippen molar-refractivity contribution < 1.29 is 4.79 Å². The second kappa shape index (κ2) is 9.15. The van der Waals surface area contributed by atoms with Crippen LogP contribution in [0.4, 0.5) is 0 Å². The molecular formula is C25H35N3O. The highest BCUT2D eigenvalue weighted by atomic mass is 16.1. The van der Waals surface area contributed by atoms with Gasteiger partial charge in [0.2, 0.25) is 0 Å². The van der Waals surface area contributed by atoms with Gasteiger partial charge in [-0.1, -0.05) is 38.5 Å². The van der Waals surface area contributed by atoms with Crippen LogP contribution in [0.25, 0.3) is 11.3 Å². The molecule has 0 saturated heterocycles. The lowest BCUT2D eigenvalue weighted by atomic mass is 9.89. The zero-order valence-corrected chi connectivity index (χ0v) is 18.0. The zero-order chi connectivity index (χ0) is 20.2. The third-order valence-corrected chi connectivity index (χ3v) is 7.00. The molecule has 0 unspecified atom stereocenters. The molecule has 2 saturated carbocycles. The molecule has 0 radical (unpaired) electrons. The highest BCUT2D eigenvalue weighted by molar-refractivity contribution is 5.97. The van der Waals surface area contributed by atoms with Crippen LogP contribution in [0.2, 0.25) is 0 Å². The highest BCUT2D eigenvalue weighted by Gasteiger charge is 2.24. The molecule has 2 heterocycles. The molecule has 0 bridgehead atoms. The van der Waals surface area contributed by atoms with Crippen LogP contribution in [0.3, 0.4) is 0 Å². The van der Waals surface area contributed by atoms with Gasteiger partial charge in [-0.3, -0.25) is 9.78 Å². The fourth-order valence-corrected chi connectivity index (χ4v) is 5.23. The molecule has 156 valence electrons. The van der Waals surface area contributed by atoms with Crippen molar-refractivity contribution in [2.24, 2.45) is 5.92 Å². The molecule has 2 aliphatic carbocycles. The van der Waals surface area contributed by atoms with Crippen LogP contribution in [0.5, 0.6) is 0 Å². The SMILES string of the molecule is Cc1ncccc1-c1cc(C(=O)NC2CCCCC2)c(C)n1CC1CCCCC1. The quantitative estimate of drug-likeness (QED) is 0.697. The molecule has 2 fully saturated rings. The molecule has 0 aromatic carbocycles. The predicted octanol–water partition coefficient (Wildman–Crippen LogP) is 5.81. The second-order valence-electron chi connectivity index (χ2n) is 9.09. The lowest BCUT2D eigenvalue weighted by Gasteiger charge is -2.25. The van der Waals surface area contributed by atoms with Crippen molar-refractivity contribution in [2.45, 2.75) is 90.6 Å². The predicted molar refractivity (Wildman–Crippen MR) is 118 cm³/mol. The fourth-order valence-electron chi connectivity index (χ4n) is 5.23. The van der Waals surface area contributed by atoms with Gasteiger partial charge in [0.05, 0.1) is 11.3 Å². The maximum atomic E-state index is 13.2. The summed E-state index contributed by atoms with van der Waals surface area (Å²) in [6.45, 7) is 5.18. The summed E-state index contributed by atoms with van der Waals surface area (Å²) >= 11 is 0. The van der Waals surface area contributed by atoms with Crippen LogP contribution in [-0.2, 0) is 6.54 Å². The van der Waals surface area contributed by atoms with Crippen LogP contribution in [0.15, 0.2) is 24.4 Å². The van der Waals surface area contributed by atoms with Gasteiger partial charge in [0.1, 0.15) is 0 Å². The van der Waals surface area contributed by atoms with E-state index in [1.54, 1.807) is 0 Å². The van der Waals surface area contributed by atoms with Crippen LogP contribution in [0.1, 0.15) is 86.0 Å². The van der Waals surface area contributed by atoms with Crippen molar-refractivity contribution >= 4 is 5.91 Å². The molecule has 1 amide bonds. The summed E-state index contributed by atoms with van der Waals surface area (Å²) in [6, 6.07) is 6.58. The van der Waals surface area contributed by atoms with E-state index >= 15 is 0 Å². The number of hydrogen-bond acceptors (Lipinski definition) is 2. The van der Waals surface area contributed by atoms with E-state index in [-0.39, 0.29) is 5.91 Å². The molecule has 0 spiro atoms. The first-order valence-electron chi connectivity index (χ1n) is 11.6. The molecular weight excluding hydrogens is 358 g/mol. The molecule has 2 aromatic heterocycles. The van der Waals surface area contributed by atoms with E-state index in [0.29, 0.717) is 12.0 Å². The van der Waals surface area contributed by atoms with E-state index < -0.39 is 0 Å². The smallest absolute Gasteiger partial charge is 0.253 e. The average Bonchev–Trinajstić information content (AvgIpc) is 3.06. The van der Waals surface area contributed by atoms with E-state index in [4.69, 9.17) is 0 Å². The summed E-state index contributed by atoms with van der Waals surface area (Å²) in [5, 5.41) is 3.32. The summed E-state index contributed by atoms with van der Waals surface area (Å²) in [5.41, 5.74) is 5.25. The number of hydrogen-bond donors (Lipinski definition) is 1. The molecule has 4 nitrogen and oxygen atoms in total. The maximum Gasteiger partial charge on any atom is 0.253 e. The van der Waals surface area contributed by atoms with Gasteiger partial charge in [0, 0.05) is 35.7 Å². The fraction of sp³-hybridized carbons (Fsp3) is 0.600. The summed E-state index contributed by atoms with van der Waals surface area (Å²) in [5.74, 6) is 0.805. The van der Waals surface area contributed by atoms with Crippen LogP contribution in [-0.4, -0.2) is 21.5 Å². The summed E-state index contributed by atoms with van der Waals surface area (Å²) < 4.78 is 2.40. The summed E-state index contributed by atoms with van der Waals surface area (Å²) in [7, 11) is 0. The van der Waals surface area contributed by atoms with Crippen molar-refractivity contribution in [3.05, 3.63) is 41.3 Å². The molecule has 2 aromatic rings. The Kier molecular flexibility index (Phi) is 6.37. The lowest BCUT2D eigenvalue weighted by molar-refractivity contribution is 0.0927. The number of carbonyl (C=O) groups is 1. The van der Waals surface area contributed by atoms with E-state index in [0.717, 1.165) is 47.6 Å². The third-order valence-electron chi connectivity index (χ3n) is 7.00. The summed E-state index contributed by atoms with van der Waals surface area (Å²) in [6.07, 6.45) is 14.5. The van der Waals surface area contributed by atoms with Crippen LogP contribution >= 0.6 is 0 Å². The largest absolute Gasteiger partial charge is 0.349 e. The Bertz CT molecular complexity index is 842. The Hall–Kier alpha value is -2.10. The standard InChI is InChI=1S/C25H35N3O/c1-18-22(14-9-15-26-18)24-16-23(25(29)27-21-12-7-4-8-13-21)19(2)28(24)17-20-10-5-3-6-11-20/h9,14-16,20-21H,3-8,10-13,17H2,1-2H3,(H,27,29). The minimum absolute atomic E-state index is 0.0968. The number of aromatic nitrogens is 2. The van der Waals surface area contributed by atoms with Crippen molar-refractivity contribution in [3.8, 4) is 11.3 Å². The Morgan fingerprint density at radius 2 is 1.76 bits per heavy atom. The molecule has 29 heavy (non-hydrogen) atoms. The Morgan fingerprint density at radius 3 is 2.45 bits per heavy atom. The minimum Gasteiger partial charge on any atom is -0.349 e. The van der Waals surface area contributed by atoms with Crippen molar-refractivity contribution in [3.63, 3.8) is 0 Å². The Morgan fingerprint density at radius 1 is 1.07 bits per heavy atom. The number of nitrogens with zero attached hydrogens (tertiary/aromatic N) is 2. The maximum absolute atomic E-state index is 13.2. The van der Waals surface area contributed by atoms with Crippen molar-refractivity contribution in [1.29, 1.82) is 0 Å². The highest BCUT2D eigenvalue weighted by Crippen LogP contribution is 2.32. The molecule has 2 aliphatic rings. The van der Waals surface area contributed by atoms with Crippen LogP contribution < -0.4 is 5.32 Å². The molecule has 0 atom stereocenters. The lowest BCUT2D eigenvalue weighted by Crippen LogP contribution is -2.36. The second-order valence-corrected chi connectivity index (χ2v) is 9.09. The van der Waals surface area contributed by atoms with E-state index in [1.165, 1.54) is 51.4 Å². The number of rotatable bonds is 5. The summed E-state index contributed by atoms with van der Waals surface area (Å²) in [4.78, 5) is 17.7. The molecule has 4 heteroatoms. The first-order chi connectivity index (χ1) is 14.1. The third kappa shape index (κ3) is 4.57. The molecule has 0 aliphatic heterocycles. The first-order valence-corrected chi connectivity index (χ1v) is 11.6. The number of aryl methyl sites for hydroxylation is 1. The average molecular weight is 394 g/mol. The molecule has 4 rings (SSSR count). The van der Waals surface area contributed by atoms with E-state index in [2.05, 4.69) is 40.8 Å². The minimum atomic E-state index is 0.0968. The van der Waals surface area contributed by atoms with Gasteiger partial charge in [-0.25, -0.2) is 0 Å². The zero-order valence-electron chi connectivity index (χ0n) is 18.0. The normalized spacial score (nSPS) is 18.7. The van der Waals surface area contributed by atoms with Gasteiger partial charge in [0.15, 0.2) is 0 Å². The molecule has 1 N–H and O–H groups in total. The van der Waals surface area contributed by atoms with Gasteiger partial charge in [-0.15, -0.1) is 0 Å². The Labute approximate surface area is 175 Å². The van der Waals surface area contributed by atoms with Crippen molar-refractivity contribution in [2.75, 3.05) is 0 Å². The number of nitrogens with one attached hydrogen (secondary N) is 1. The van der Waals surface area contributed by atoms with Crippen LogP contribution in [0, 0.1) is 19.8 Å². The number of amides is 1. The monoisotopic (exact) mass is 393 g/mol. The van der Waals surface area contributed by atoms with E-state index in [1.807, 2.05) is 12.3 Å². The van der Waals surface area contributed by atoms with Gasteiger partial charge < -0.3 is 9.88 Å². The van der Waals surface area contributed by atoms with Crippen molar-refractivity contribution in [1.82, 2.24) is 14.9 Å². The van der Waals surface area contributed by atoms with Gasteiger partial charge in [-0.2, -0.15) is 0 Å². The number of pyridine rings is 1. The topological polar surface area (TPSA) is 46.9 Å². The van der Waals surface area contributed by atoms with Gasteiger partial charge in [-0.05, 0) is 63.6 Å². The van der Waals surface area contributed by atoms with Gasteiger partial charge >= 0.3 is 0 Å². The Balaban J connectivity index is 1.65. The first kappa shape index (κ1) is 20.2. The van der Waals surface area contributed by atoms with E-state index in [9.17, 15) is 4.79 Å². The van der Waals surface area contributed by atoms with Gasteiger partial charge in [0.25, 0.3) is 5.91 Å². The number of carbonyl (C=O) groups excluding carboxylic acids is 1.